The van der Waals surface area contributed by atoms with Crippen molar-refractivity contribution in [3.8, 4) is 0 Å². The number of hydrogen-bond acceptors (Lipinski definition) is 3. The maximum atomic E-state index is 12.4. The highest BCUT2D eigenvalue weighted by atomic mass is 19.1. The number of halogens is 1. The lowest BCUT2D eigenvalue weighted by atomic mass is 9.98. The van der Waals surface area contributed by atoms with E-state index in [-0.39, 0.29) is 5.82 Å². The molecule has 0 aliphatic carbocycles. The minimum absolute atomic E-state index is 0.213. The molecular formula is C19H30FNO3. The lowest BCUT2D eigenvalue weighted by Gasteiger charge is -2.32. The summed E-state index contributed by atoms with van der Waals surface area (Å²) in [4.78, 5) is 13.6. The summed E-state index contributed by atoms with van der Waals surface area (Å²) in [6.45, 7) is 5.15. The van der Waals surface area contributed by atoms with E-state index >= 15 is 0 Å². The van der Waals surface area contributed by atoms with E-state index in [1.807, 2.05) is 11.0 Å². The van der Waals surface area contributed by atoms with Crippen LogP contribution in [0.25, 0.3) is 0 Å². The number of nitrogens with zero attached hydrogens (tertiary/aromatic N) is 1. The van der Waals surface area contributed by atoms with Crippen LogP contribution in [0, 0.1) is 11.7 Å². The summed E-state index contributed by atoms with van der Waals surface area (Å²) < 4.78 is 22.4. The lowest BCUT2D eigenvalue weighted by molar-refractivity contribution is -0.133. The topological polar surface area (TPSA) is 38.8 Å². The Kier molecular flexibility index (Phi) is 10.3. The zero-order valence-electron chi connectivity index (χ0n) is 15.1. The van der Waals surface area contributed by atoms with Gasteiger partial charge in [0.15, 0.2) is 0 Å². The molecule has 1 atom stereocenters. The van der Waals surface area contributed by atoms with Crippen LogP contribution in [0.3, 0.4) is 0 Å². The van der Waals surface area contributed by atoms with Crippen LogP contribution in [-0.4, -0.2) is 44.7 Å². The van der Waals surface area contributed by atoms with E-state index in [0.717, 1.165) is 38.1 Å². The fourth-order valence-electron chi connectivity index (χ4n) is 2.83. The normalized spacial score (nSPS) is 17.2. The Bertz CT molecular complexity index is 479. The largest absolute Gasteiger partial charge is 0.384 e. The number of likely N-dealkylation sites (tertiary alicyclic amines) is 1. The molecule has 4 nitrogen and oxygen atoms in total. The Morgan fingerprint density at radius 3 is 2.75 bits per heavy atom. The molecule has 0 spiro atoms. The van der Waals surface area contributed by atoms with Crippen molar-refractivity contribution in [2.75, 3.05) is 33.9 Å². The number of methoxy groups -OCH3 is 2. The van der Waals surface area contributed by atoms with Crippen molar-refractivity contribution in [1.82, 2.24) is 4.90 Å². The van der Waals surface area contributed by atoms with Gasteiger partial charge in [0, 0.05) is 33.7 Å². The van der Waals surface area contributed by atoms with E-state index in [1.54, 1.807) is 20.3 Å². The average Bonchev–Trinajstić information content (AvgIpc) is 2.57. The summed E-state index contributed by atoms with van der Waals surface area (Å²) in [5.74, 6) is 0.650. The van der Waals surface area contributed by atoms with Crippen molar-refractivity contribution in [3.63, 3.8) is 0 Å². The van der Waals surface area contributed by atoms with Gasteiger partial charge in [-0.2, -0.15) is 0 Å². The van der Waals surface area contributed by atoms with E-state index in [4.69, 9.17) is 9.47 Å². The molecular weight excluding hydrogens is 309 g/mol. The van der Waals surface area contributed by atoms with Gasteiger partial charge in [0.1, 0.15) is 5.82 Å². The fraction of sp³-hybridized carbons (Fsp3) is 0.632. The van der Waals surface area contributed by atoms with Gasteiger partial charge in [-0.25, -0.2) is 4.39 Å². The van der Waals surface area contributed by atoms with Crippen LogP contribution in [0.15, 0.2) is 24.3 Å². The predicted octanol–water partition coefficient (Wildman–Crippen LogP) is 3.64. The summed E-state index contributed by atoms with van der Waals surface area (Å²) >= 11 is 0. The lowest BCUT2D eigenvalue weighted by Crippen LogP contribution is -2.40. The number of benzene rings is 1. The molecule has 1 heterocycles. The monoisotopic (exact) mass is 339 g/mol. The zero-order chi connectivity index (χ0) is 17.8. The van der Waals surface area contributed by atoms with Crippen LogP contribution in [0.1, 0.15) is 38.2 Å². The molecule has 1 aliphatic rings. The Balaban J connectivity index is 0.000000254. The molecule has 1 aliphatic heterocycles. The van der Waals surface area contributed by atoms with Crippen LogP contribution in [0.4, 0.5) is 4.39 Å². The Hall–Kier alpha value is -1.46. The predicted molar refractivity (Wildman–Crippen MR) is 93.2 cm³/mol. The molecule has 2 rings (SSSR count). The number of carbonyl (C=O) groups excluding carboxylic acids is 1. The Labute approximate surface area is 144 Å². The SMILES string of the molecule is CCCC(=O)N1CCCC(COC)C1.COCc1cccc(F)c1. The second kappa shape index (κ2) is 12.0. The van der Waals surface area contributed by atoms with Crippen molar-refractivity contribution in [1.29, 1.82) is 0 Å². The molecule has 1 fully saturated rings. The minimum atomic E-state index is -0.213. The van der Waals surface area contributed by atoms with E-state index in [0.29, 0.717) is 24.9 Å². The van der Waals surface area contributed by atoms with Crippen molar-refractivity contribution in [2.45, 2.75) is 39.2 Å². The number of amides is 1. The third kappa shape index (κ3) is 7.88. The van der Waals surface area contributed by atoms with Crippen LogP contribution in [-0.2, 0) is 20.9 Å². The third-order valence-electron chi connectivity index (χ3n) is 3.94. The quantitative estimate of drug-likeness (QED) is 0.794. The van der Waals surface area contributed by atoms with Crippen molar-refractivity contribution in [2.24, 2.45) is 5.92 Å². The van der Waals surface area contributed by atoms with E-state index in [2.05, 4.69) is 6.92 Å². The summed E-state index contributed by atoms with van der Waals surface area (Å²) in [6, 6.07) is 6.37. The molecule has 0 radical (unpaired) electrons. The van der Waals surface area contributed by atoms with Crippen LogP contribution in [0.2, 0.25) is 0 Å². The Morgan fingerprint density at radius 1 is 1.33 bits per heavy atom. The number of piperidine rings is 1. The first-order valence-electron chi connectivity index (χ1n) is 8.60. The highest BCUT2D eigenvalue weighted by Crippen LogP contribution is 2.17. The second-order valence-corrected chi connectivity index (χ2v) is 6.12. The minimum Gasteiger partial charge on any atom is -0.384 e. The maximum Gasteiger partial charge on any atom is 0.222 e. The van der Waals surface area contributed by atoms with Crippen LogP contribution < -0.4 is 0 Å². The highest BCUT2D eigenvalue weighted by molar-refractivity contribution is 5.76. The number of hydrogen-bond donors (Lipinski definition) is 0. The summed E-state index contributed by atoms with van der Waals surface area (Å²) in [5.41, 5.74) is 0.863. The molecule has 0 N–H and O–H groups in total. The summed E-state index contributed by atoms with van der Waals surface area (Å²) in [5, 5.41) is 0. The summed E-state index contributed by atoms with van der Waals surface area (Å²) in [6.07, 6.45) is 3.97. The molecule has 0 saturated carbocycles. The van der Waals surface area contributed by atoms with Gasteiger partial charge >= 0.3 is 0 Å². The van der Waals surface area contributed by atoms with Gasteiger partial charge in [-0.05, 0) is 42.9 Å². The molecule has 1 amide bonds. The molecule has 0 bridgehead atoms. The van der Waals surface area contributed by atoms with E-state index in [9.17, 15) is 9.18 Å². The van der Waals surface area contributed by atoms with Crippen LogP contribution in [0.5, 0.6) is 0 Å². The molecule has 1 aromatic carbocycles. The van der Waals surface area contributed by atoms with E-state index < -0.39 is 0 Å². The average molecular weight is 339 g/mol. The van der Waals surface area contributed by atoms with Gasteiger partial charge in [0.25, 0.3) is 0 Å². The number of rotatable bonds is 6. The maximum absolute atomic E-state index is 12.4. The fourth-order valence-corrected chi connectivity index (χ4v) is 2.83. The van der Waals surface area contributed by atoms with Crippen LogP contribution >= 0.6 is 0 Å². The number of carbonyl (C=O) groups is 1. The Morgan fingerprint density at radius 2 is 2.12 bits per heavy atom. The molecule has 1 saturated heterocycles. The smallest absolute Gasteiger partial charge is 0.222 e. The highest BCUT2D eigenvalue weighted by Gasteiger charge is 2.22. The first kappa shape index (κ1) is 20.6. The summed E-state index contributed by atoms with van der Waals surface area (Å²) in [7, 11) is 3.32. The standard InChI is InChI=1S/C11H21NO2.C8H9FO/c1-3-5-11(13)12-7-4-6-10(8-12)9-14-2;1-10-6-7-3-2-4-8(9)5-7/h10H,3-9H2,1-2H3;2-5H,6H2,1H3. The van der Waals surface area contributed by atoms with Gasteiger partial charge in [0.05, 0.1) is 13.2 Å². The zero-order valence-corrected chi connectivity index (χ0v) is 15.1. The van der Waals surface area contributed by atoms with Gasteiger partial charge in [-0.3, -0.25) is 4.79 Å². The van der Waals surface area contributed by atoms with Gasteiger partial charge in [-0.1, -0.05) is 19.1 Å². The number of ether oxygens (including phenoxy) is 2. The molecule has 5 heteroatoms. The van der Waals surface area contributed by atoms with E-state index in [1.165, 1.54) is 18.6 Å². The van der Waals surface area contributed by atoms with Gasteiger partial charge < -0.3 is 14.4 Å². The first-order chi connectivity index (χ1) is 11.6. The van der Waals surface area contributed by atoms with Gasteiger partial charge in [0.2, 0.25) is 5.91 Å². The molecule has 0 aromatic heterocycles. The van der Waals surface area contributed by atoms with Crippen molar-refractivity contribution in [3.05, 3.63) is 35.6 Å². The third-order valence-corrected chi connectivity index (χ3v) is 3.94. The molecule has 1 aromatic rings. The van der Waals surface area contributed by atoms with Crippen molar-refractivity contribution < 1.29 is 18.7 Å². The molecule has 136 valence electrons. The second-order valence-electron chi connectivity index (χ2n) is 6.12. The molecule has 24 heavy (non-hydrogen) atoms. The first-order valence-corrected chi connectivity index (χ1v) is 8.60. The van der Waals surface area contributed by atoms with Crippen molar-refractivity contribution >= 4 is 5.91 Å². The molecule has 1 unspecified atom stereocenters. The van der Waals surface area contributed by atoms with Gasteiger partial charge in [-0.15, -0.1) is 0 Å².